The number of carbonyl (C=O) groups is 1. The van der Waals surface area contributed by atoms with E-state index in [-0.39, 0.29) is 23.0 Å². The predicted octanol–water partition coefficient (Wildman–Crippen LogP) is 0.966. The number of esters is 1. The summed E-state index contributed by atoms with van der Waals surface area (Å²) >= 11 is 0. The van der Waals surface area contributed by atoms with Crippen molar-refractivity contribution in [3.63, 3.8) is 0 Å². The number of fused-ring (bicyclic) bond motifs is 1. The van der Waals surface area contributed by atoms with Crippen LogP contribution in [0, 0.1) is 0 Å². The van der Waals surface area contributed by atoms with Crippen molar-refractivity contribution in [1.29, 1.82) is 0 Å². The predicted molar refractivity (Wildman–Crippen MR) is 90.5 cm³/mol. The van der Waals surface area contributed by atoms with Crippen molar-refractivity contribution in [2.75, 3.05) is 12.5 Å². The highest BCUT2D eigenvalue weighted by Crippen LogP contribution is 2.29. The summed E-state index contributed by atoms with van der Waals surface area (Å²) in [5, 5.41) is 0. The minimum Gasteiger partial charge on any atom is -0.465 e. The number of aromatic amines is 1. The summed E-state index contributed by atoms with van der Waals surface area (Å²) in [5.74, 6) is 4.54. The molecule has 0 bridgehead atoms. The second kappa shape index (κ2) is 6.89. The largest absolute Gasteiger partial charge is 0.465 e. The van der Waals surface area contributed by atoms with Gasteiger partial charge in [-0.1, -0.05) is 24.3 Å². The average molecular weight is 338 g/mol. The molecule has 0 amide bonds. The normalized spacial score (nSPS) is 10.3. The van der Waals surface area contributed by atoms with E-state index in [0.717, 1.165) is 0 Å². The van der Waals surface area contributed by atoms with Crippen LogP contribution in [0.25, 0.3) is 22.6 Å². The van der Waals surface area contributed by atoms with Crippen molar-refractivity contribution >= 4 is 11.9 Å². The molecule has 2 aliphatic rings. The van der Waals surface area contributed by atoms with E-state index < -0.39 is 11.7 Å². The molecule has 0 saturated carbocycles. The van der Waals surface area contributed by atoms with E-state index in [9.17, 15) is 9.59 Å². The molecule has 0 unspecified atom stereocenters. The molecule has 4 rings (SSSR count). The van der Waals surface area contributed by atoms with Crippen molar-refractivity contribution in [3.05, 3.63) is 58.6 Å². The van der Waals surface area contributed by atoms with Gasteiger partial charge in [0.15, 0.2) is 5.82 Å². The summed E-state index contributed by atoms with van der Waals surface area (Å²) in [7, 11) is 1.24. The van der Waals surface area contributed by atoms with Gasteiger partial charge in [-0.15, -0.1) is 0 Å². The molecule has 0 spiro atoms. The quantitative estimate of drug-likeness (QED) is 0.285. The molecule has 9 heteroatoms. The van der Waals surface area contributed by atoms with E-state index in [1.165, 1.54) is 30.5 Å². The molecule has 9 nitrogen and oxygen atoms in total. The number of nitrogens with two attached hydrogens (primary N) is 1. The molecule has 0 radical (unpaired) electrons. The first kappa shape index (κ1) is 16.3. The summed E-state index contributed by atoms with van der Waals surface area (Å²) < 4.78 is 4.63. The maximum atomic E-state index is 11.6. The molecule has 25 heavy (non-hydrogen) atoms. The third-order valence-corrected chi connectivity index (χ3v) is 3.44. The highest BCUT2D eigenvalue weighted by Gasteiger charge is 2.16. The number of pyridine rings is 1. The third kappa shape index (κ3) is 3.35. The number of hydrogen-bond donors (Lipinski definition) is 3. The highest BCUT2D eigenvalue weighted by molar-refractivity contribution is 5.95. The van der Waals surface area contributed by atoms with Gasteiger partial charge in [0, 0.05) is 6.20 Å². The summed E-state index contributed by atoms with van der Waals surface area (Å²) in [6, 6.07) is 11.6. The van der Waals surface area contributed by atoms with Gasteiger partial charge in [0.2, 0.25) is 5.95 Å². The van der Waals surface area contributed by atoms with E-state index in [4.69, 9.17) is 5.84 Å². The first-order chi connectivity index (χ1) is 12.1. The van der Waals surface area contributed by atoms with Gasteiger partial charge >= 0.3 is 11.7 Å². The monoisotopic (exact) mass is 338 g/mol. The van der Waals surface area contributed by atoms with Gasteiger partial charge in [0.25, 0.3) is 0 Å². The van der Waals surface area contributed by atoms with Gasteiger partial charge in [0.05, 0.1) is 12.7 Å². The van der Waals surface area contributed by atoms with E-state index in [1.54, 1.807) is 6.07 Å². The van der Waals surface area contributed by atoms with Gasteiger partial charge in [-0.3, -0.25) is 15.4 Å². The first-order valence-corrected chi connectivity index (χ1v) is 7.21. The molecule has 0 aromatic carbocycles. The molecule has 2 heterocycles. The number of nitrogens with one attached hydrogen (secondary N) is 2. The Balaban J connectivity index is 0.000000250. The minimum atomic E-state index is -0.667. The number of aromatic nitrogens is 4. The maximum absolute atomic E-state index is 11.6. The Morgan fingerprint density at radius 2 is 1.84 bits per heavy atom. The molecule has 2 aromatic rings. The van der Waals surface area contributed by atoms with Crippen molar-refractivity contribution in [1.82, 2.24) is 19.9 Å². The molecule has 2 aromatic heterocycles. The van der Waals surface area contributed by atoms with Crippen LogP contribution in [0.3, 0.4) is 0 Å². The number of H-pyrrole nitrogens is 1. The maximum Gasteiger partial charge on any atom is 0.349 e. The number of carbonyl (C=O) groups excluding carboxylic acids is 1. The molecule has 0 aliphatic heterocycles. The number of hydrazine groups is 1. The zero-order valence-electron chi connectivity index (χ0n) is 13.2. The van der Waals surface area contributed by atoms with E-state index in [2.05, 4.69) is 54.4 Å². The lowest BCUT2D eigenvalue weighted by Gasteiger charge is -2.10. The van der Waals surface area contributed by atoms with E-state index in [0.29, 0.717) is 0 Å². The van der Waals surface area contributed by atoms with Crippen LogP contribution in [0.15, 0.2) is 47.4 Å². The van der Waals surface area contributed by atoms with Crippen LogP contribution in [0.5, 0.6) is 0 Å². The summed E-state index contributed by atoms with van der Waals surface area (Å²) in [6.07, 6.45) is 1.46. The standard InChI is InChI=1S/C10H10N6O3.C6H4/c1-19-8(17)5-3-2-4-12-6(5)7-13-9(16-11)15-10(18)14-7;1-2-6-4-3-5(1)6/h2-4H,11H2,1H3,(H2,13,14,15,16,18);1-4H. The summed E-state index contributed by atoms with van der Waals surface area (Å²) in [5.41, 5.74) is 4.68. The lowest BCUT2D eigenvalue weighted by Crippen LogP contribution is -2.20. The first-order valence-electron chi connectivity index (χ1n) is 7.21. The smallest absolute Gasteiger partial charge is 0.349 e. The van der Waals surface area contributed by atoms with Gasteiger partial charge in [0.1, 0.15) is 5.69 Å². The fourth-order valence-electron chi connectivity index (χ4n) is 2.09. The number of benzene rings is 1. The van der Waals surface area contributed by atoms with Gasteiger partial charge in [-0.05, 0) is 23.3 Å². The Labute approximate surface area is 141 Å². The topological polar surface area (TPSA) is 136 Å². The molecule has 0 saturated heterocycles. The third-order valence-electron chi connectivity index (χ3n) is 3.44. The Bertz CT molecular complexity index is 947. The molecular weight excluding hydrogens is 324 g/mol. The van der Waals surface area contributed by atoms with E-state index in [1.807, 2.05) is 0 Å². The highest BCUT2D eigenvalue weighted by atomic mass is 16.5. The second-order valence-corrected chi connectivity index (χ2v) is 4.94. The Hall–Kier alpha value is -3.59. The Kier molecular flexibility index (Phi) is 4.48. The average Bonchev–Trinajstić information content (AvgIpc) is 2.63. The van der Waals surface area contributed by atoms with Crippen molar-refractivity contribution < 1.29 is 9.53 Å². The van der Waals surface area contributed by atoms with Crippen LogP contribution in [0.1, 0.15) is 10.4 Å². The van der Waals surface area contributed by atoms with Crippen LogP contribution in [-0.2, 0) is 4.74 Å². The number of nitrogens with zero attached hydrogens (tertiary/aromatic N) is 3. The van der Waals surface area contributed by atoms with Crippen LogP contribution in [0.2, 0.25) is 0 Å². The summed E-state index contributed by atoms with van der Waals surface area (Å²) in [4.78, 5) is 36.7. The number of methoxy groups -OCH3 is 1. The Morgan fingerprint density at radius 3 is 2.36 bits per heavy atom. The van der Waals surface area contributed by atoms with Crippen LogP contribution in [-0.4, -0.2) is 33.0 Å². The van der Waals surface area contributed by atoms with Gasteiger partial charge < -0.3 is 4.74 Å². The van der Waals surface area contributed by atoms with Crippen LogP contribution in [0.4, 0.5) is 5.95 Å². The van der Waals surface area contributed by atoms with Crippen molar-refractivity contribution in [2.24, 2.45) is 5.84 Å². The summed E-state index contributed by atoms with van der Waals surface area (Å²) in [6.45, 7) is 0. The van der Waals surface area contributed by atoms with Gasteiger partial charge in [-0.25, -0.2) is 15.4 Å². The lowest BCUT2D eigenvalue weighted by molar-refractivity contribution is 0.0601. The zero-order chi connectivity index (χ0) is 17.8. The molecule has 2 aliphatic carbocycles. The SMILES string of the molecule is COC(=O)c1cccnc1-c1nc(NN)nc(=O)[nH]1.c1cc2ccc1-2. The van der Waals surface area contributed by atoms with Crippen LogP contribution >= 0.6 is 0 Å². The Morgan fingerprint density at radius 1 is 1.16 bits per heavy atom. The van der Waals surface area contributed by atoms with Crippen LogP contribution < -0.4 is 17.0 Å². The van der Waals surface area contributed by atoms with Gasteiger partial charge in [-0.2, -0.15) is 9.97 Å². The minimum absolute atomic E-state index is 0.0638. The van der Waals surface area contributed by atoms with E-state index >= 15 is 0 Å². The zero-order valence-corrected chi connectivity index (χ0v) is 13.2. The molecule has 0 atom stereocenters. The number of hydrogen-bond acceptors (Lipinski definition) is 8. The fraction of sp³-hybridized carbons (Fsp3) is 0.0625. The fourth-order valence-corrected chi connectivity index (χ4v) is 2.09. The molecule has 0 fully saturated rings. The van der Waals surface area contributed by atoms with Crippen molar-refractivity contribution in [3.8, 4) is 22.6 Å². The molecular formula is C16H14N6O3. The lowest BCUT2D eigenvalue weighted by atomic mass is 9.95. The number of nitrogen functional groups attached to an aromatic ring is 1. The second-order valence-electron chi connectivity index (χ2n) is 4.94. The number of rotatable bonds is 3. The number of anilines is 1. The van der Waals surface area contributed by atoms with Crippen molar-refractivity contribution in [2.45, 2.75) is 0 Å². The number of ether oxygens (including phenoxy) is 1. The molecule has 4 N–H and O–H groups in total. The molecule has 126 valence electrons.